The highest BCUT2D eigenvalue weighted by Gasteiger charge is 2.16. The average Bonchev–Trinajstić information content (AvgIpc) is 3.21. The van der Waals surface area contributed by atoms with Crippen LogP contribution < -0.4 is 10.6 Å². The number of oxazole rings is 1. The number of amides is 2. The standard InChI is InChI=1S/C25H21F2N3O3/c1-14(2)19-9-8-18(12-20(19)27)29-24(32)23(31)28-13-15-3-10-22-21(11-15)30-25(33-22)16-4-6-17(26)7-5-16/h3-12,14H,13H2,1-2H3,(H,28,31)(H,29,32). The van der Waals surface area contributed by atoms with E-state index >= 15 is 0 Å². The Bertz CT molecular complexity index is 1330. The number of anilines is 1. The van der Waals surface area contributed by atoms with Gasteiger partial charge in [-0.1, -0.05) is 26.0 Å². The van der Waals surface area contributed by atoms with Gasteiger partial charge in [-0.15, -0.1) is 0 Å². The first-order valence-electron chi connectivity index (χ1n) is 10.3. The van der Waals surface area contributed by atoms with Crippen LogP contribution in [0.5, 0.6) is 0 Å². The van der Waals surface area contributed by atoms with Crippen LogP contribution in [0, 0.1) is 11.6 Å². The Morgan fingerprint density at radius 1 is 0.970 bits per heavy atom. The fourth-order valence-corrected chi connectivity index (χ4v) is 3.32. The lowest BCUT2D eigenvalue weighted by atomic mass is 10.0. The number of nitrogens with one attached hydrogen (secondary N) is 2. The summed E-state index contributed by atoms with van der Waals surface area (Å²) in [5, 5.41) is 4.92. The number of benzene rings is 3. The van der Waals surface area contributed by atoms with Crippen LogP contribution in [-0.2, 0) is 16.1 Å². The minimum Gasteiger partial charge on any atom is -0.436 e. The third-order valence-corrected chi connectivity index (χ3v) is 5.08. The topological polar surface area (TPSA) is 84.2 Å². The molecule has 0 atom stereocenters. The van der Waals surface area contributed by atoms with Crippen molar-refractivity contribution in [2.75, 3.05) is 5.32 Å². The lowest BCUT2D eigenvalue weighted by Crippen LogP contribution is -2.35. The molecule has 8 heteroatoms. The molecule has 0 unspecified atom stereocenters. The zero-order chi connectivity index (χ0) is 23.5. The molecule has 33 heavy (non-hydrogen) atoms. The Kier molecular flexibility index (Phi) is 6.17. The lowest BCUT2D eigenvalue weighted by Gasteiger charge is -2.10. The molecular formula is C25H21F2N3O3. The maximum absolute atomic E-state index is 14.1. The van der Waals surface area contributed by atoms with Gasteiger partial charge in [-0.3, -0.25) is 9.59 Å². The zero-order valence-electron chi connectivity index (χ0n) is 18.0. The van der Waals surface area contributed by atoms with Crippen LogP contribution in [0.2, 0.25) is 0 Å². The molecule has 2 amide bonds. The summed E-state index contributed by atoms with van der Waals surface area (Å²) in [5.74, 6) is -2.18. The van der Waals surface area contributed by atoms with E-state index in [1.807, 2.05) is 13.8 Å². The Hall–Kier alpha value is -4.07. The summed E-state index contributed by atoms with van der Waals surface area (Å²) in [6.45, 7) is 3.82. The second-order valence-electron chi connectivity index (χ2n) is 7.86. The first-order valence-corrected chi connectivity index (χ1v) is 10.3. The van der Waals surface area contributed by atoms with Crippen molar-refractivity contribution >= 4 is 28.6 Å². The summed E-state index contributed by atoms with van der Waals surface area (Å²) >= 11 is 0. The number of carbonyl (C=O) groups is 2. The lowest BCUT2D eigenvalue weighted by molar-refractivity contribution is -0.136. The largest absolute Gasteiger partial charge is 0.436 e. The van der Waals surface area contributed by atoms with Crippen molar-refractivity contribution in [1.29, 1.82) is 0 Å². The van der Waals surface area contributed by atoms with Gasteiger partial charge in [-0.25, -0.2) is 13.8 Å². The zero-order valence-corrected chi connectivity index (χ0v) is 18.0. The molecule has 0 aliphatic heterocycles. The fourth-order valence-electron chi connectivity index (χ4n) is 3.32. The predicted octanol–water partition coefficient (Wildman–Crippen LogP) is 5.15. The van der Waals surface area contributed by atoms with Gasteiger partial charge in [0.25, 0.3) is 0 Å². The van der Waals surface area contributed by atoms with Crippen LogP contribution in [0.4, 0.5) is 14.5 Å². The summed E-state index contributed by atoms with van der Waals surface area (Å²) in [7, 11) is 0. The molecular weight excluding hydrogens is 428 g/mol. The van der Waals surface area contributed by atoms with E-state index in [1.165, 1.54) is 18.2 Å². The number of halogens is 2. The molecule has 0 bridgehead atoms. The van der Waals surface area contributed by atoms with Crippen LogP contribution >= 0.6 is 0 Å². The summed E-state index contributed by atoms with van der Waals surface area (Å²) in [5.41, 5.74) is 3.17. The predicted molar refractivity (Wildman–Crippen MR) is 120 cm³/mol. The third kappa shape index (κ3) is 5.06. The van der Waals surface area contributed by atoms with Gasteiger partial charge >= 0.3 is 11.8 Å². The molecule has 0 fully saturated rings. The molecule has 2 N–H and O–H groups in total. The van der Waals surface area contributed by atoms with E-state index in [0.29, 0.717) is 33.7 Å². The van der Waals surface area contributed by atoms with Crippen molar-refractivity contribution in [3.8, 4) is 11.5 Å². The molecule has 0 saturated carbocycles. The maximum atomic E-state index is 14.1. The number of fused-ring (bicyclic) bond motifs is 1. The molecule has 0 aliphatic carbocycles. The van der Waals surface area contributed by atoms with E-state index in [4.69, 9.17) is 4.42 Å². The highest BCUT2D eigenvalue weighted by Crippen LogP contribution is 2.25. The van der Waals surface area contributed by atoms with Crippen LogP contribution in [0.1, 0.15) is 30.9 Å². The highest BCUT2D eigenvalue weighted by molar-refractivity contribution is 6.39. The first-order chi connectivity index (χ1) is 15.8. The van der Waals surface area contributed by atoms with E-state index in [9.17, 15) is 18.4 Å². The van der Waals surface area contributed by atoms with Crippen LogP contribution in [-0.4, -0.2) is 16.8 Å². The van der Waals surface area contributed by atoms with E-state index in [2.05, 4.69) is 15.6 Å². The summed E-state index contributed by atoms with van der Waals surface area (Å²) < 4.78 is 32.9. The second kappa shape index (κ2) is 9.20. The third-order valence-electron chi connectivity index (χ3n) is 5.08. The monoisotopic (exact) mass is 449 g/mol. The Morgan fingerprint density at radius 2 is 1.73 bits per heavy atom. The quantitative estimate of drug-likeness (QED) is 0.413. The van der Waals surface area contributed by atoms with Gasteiger partial charge < -0.3 is 15.1 Å². The van der Waals surface area contributed by atoms with Gasteiger partial charge in [0.05, 0.1) is 0 Å². The molecule has 1 aromatic heterocycles. The molecule has 0 radical (unpaired) electrons. The van der Waals surface area contributed by atoms with Gasteiger partial charge in [0, 0.05) is 17.8 Å². The van der Waals surface area contributed by atoms with Gasteiger partial charge in [-0.05, 0) is 65.6 Å². The van der Waals surface area contributed by atoms with E-state index in [0.717, 1.165) is 0 Å². The SMILES string of the molecule is CC(C)c1ccc(NC(=O)C(=O)NCc2ccc3oc(-c4ccc(F)cc4)nc3c2)cc1F. The van der Waals surface area contributed by atoms with E-state index in [-0.39, 0.29) is 24.0 Å². The Labute approximate surface area is 188 Å². The Balaban J connectivity index is 1.39. The number of nitrogens with zero attached hydrogens (tertiary/aromatic N) is 1. The van der Waals surface area contributed by atoms with E-state index < -0.39 is 17.6 Å². The summed E-state index contributed by atoms with van der Waals surface area (Å²) in [6, 6.07) is 15.3. The number of aromatic nitrogens is 1. The minimum absolute atomic E-state index is 0.00637. The first kappa shape index (κ1) is 22.1. The van der Waals surface area contributed by atoms with Gasteiger partial charge in [0.15, 0.2) is 5.58 Å². The van der Waals surface area contributed by atoms with Crippen molar-refractivity contribution in [2.45, 2.75) is 26.3 Å². The van der Waals surface area contributed by atoms with Crippen molar-refractivity contribution in [2.24, 2.45) is 0 Å². The van der Waals surface area contributed by atoms with Crippen LogP contribution in [0.25, 0.3) is 22.6 Å². The number of carbonyl (C=O) groups excluding carboxylic acids is 2. The summed E-state index contributed by atoms with van der Waals surface area (Å²) in [4.78, 5) is 28.7. The molecule has 6 nitrogen and oxygen atoms in total. The molecule has 3 aromatic carbocycles. The number of hydrogen-bond donors (Lipinski definition) is 2. The molecule has 0 saturated heterocycles. The molecule has 4 rings (SSSR count). The van der Waals surface area contributed by atoms with E-state index in [1.54, 1.807) is 42.5 Å². The minimum atomic E-state index is -0.896. The fraction of sp³-hybridized carbons (Fsp3) is 0.160. The molecule has 168 valence electrons. The van der Waals surface area contributed by atoms with Gasteiger partial charge in [-0.2, -0.15) is 0 Å². The van der Waals surface area contributed by atoms with Crippen molar-refractivity contribution in [3.05, 3.63) is 83.4 Å². The normalized spacial score (nSPS) is 11.1. The second-order valence-corrected chi connectivity index (χ2v) is 7.86. The Morgan fingerprint density at radius 3 is 2.42 bits per heavy atom. The average molecular weight is 449 g/mol. The van der Waals surface area contributed by atoms with Crippen molar-refractivity contribution in [1.82, 2.24) is 10.3 Å². The van der Waals surface area contributed by atoms with Crippen molar-refractivity contribution < 1.29 is 22.8 Å². The van der Waals surface area contributed by atoms with Gasteiger partial charge in [0.2, 0.25) is 5.89 Å². The van der Waals surface area contributed by atoms with Crippen molar-refractivity contribution in [3.63, 3.8) is 0 Å². The number of hydrogen-bond acceptors (Lipinski definition) is 4. The number of rotatable bonds is 5. The molecule has 0 spiro atoms. The van der Waals surface area contributed by atoms with Crippen LogP contribution in [0.3, 0.4) is 0 Å². The summed E-state index contributed by atoms with van der Waals surface area (Å²) in [6.07, 6.45) is 0. The van der Waals surface area contributed by atoms with Crippen LogP contribution in [0.15, 0.2) is 65.1 Å². The highest BCUT2D eigenvalue weighted by atomic mass is 19.1. The molecule has 0 aliphatic rings. The molecule has 1 heterocycles. The maximum Gasteiger partial charge on any atom is 0.313 e. The molecule has 4 aromatic rings. The van der Waals surface area contributed by atoms with Gasteiger partial charge in [0.1, 0.15) is 17.2 Å². The smallest absolute Gasteiger partial charge is 0.313 e.